The molecule has 19 heavy (non-hydrogen) atoms. The van der Waals surface area contributed by atoms with Crippen LogP contribution < -0.4 is 5.32 Å². The SMILES string of the molecule is CCCCN(C)C(=NC)NCC1CN2CCN1CC2. The molecule has 1 N–H and O–H groups in total. The van der Waals surface area contributed by atoms with Crippen LogP contribution in [0.2, 0.25) is 0 Å². The molecule has 0 saturated carbocycles. The smallest absolute Gasteiger partial charge is 0.193 e. The first-order chi connectivity index (χ1) is 9.24. The zero-order chi connectivity index (χ0) is 13.7. The number of nitrogens with zero attached hydrogens (tertiary/aromatic N) is 4. The van der Waals surface area contributed by atoms with Crippen LogP contribution >= 0.6 is 0 Å². The largest absolute Gasteiger partial charge is 0.355 e. The lowest BCUT2D eigenvalue weighted by atomic mass is 10.1. The molecule has 3 saturated heterocycles. The van der Waals surface area contributed by atoms with Crippen LogP contribution in [0.3, 0.4) is 0 Å². The molecule has 0 amide bonds. The topological polar surface area (TPSA) is 34.1 Å². The number of fused-ring (bicyclic) bond motifs is 3. The van der Waals surface area contributed by atoms with E-state index in [0.717, 1.165) is 19.0 Å². The molecule has 1 unspecified atom stereocenters. The third kappa shape index (κ3) is 3.83. The Balaban J connectivity index is 1.77. The zero-order valence-corrected chi connectivity index (χ0v) is 12.7. The summed E-state index contributed by atoms with van der Waals surface area (Å²) in [5.41, 5.74) is 0. The fourth-order valence-electron chi connectivity index (χ4n) is 3.01. The van der Waals surface area contributed by atoms with E-state index in [1.807, 2.05) is 7.05 Å². The maximum atomic E-state index is 4.39. The summed E-state index contributed by atoms with van der Waals surface area (Å²) in [6.45, 7) is 10.5. The Morgan fingerprint density at radius 3 is 2.58 bits per heavy atom. The maximum absolute atomic E-state index is 4.39. The van der Waals surface area contributed by atoms with E-state index >= 15 is 0 Å². The number of unbranched alkanes of at least 4 members (excludes halogenated alkanes) is 1. The van der Waals surface area contributed by atoms with Crippen LogP contribution in [0.4, 0.5) is 0 Å². The van der Waals surface area contributed by atoms with E-state index in [4.69, 9.17) is 0 Å². The average molecular weight is 267 g/mol. The van der Waals surface area contributed by atoms with E-state index in [9.17, 15) is 0 Å². The second-order valence-electron chi connectivity index (χ2n) is 5.69. The monoisotopic (exact) mass is 267 g/mol. The molecule has 0 aromatic rings. The summed E-state index contributed by atoms with van der Waals surface area (Å²) in [4.78, 5) is 11.8. The molecule has 3 aliphatic heterocycles. The molecule has 1 atom stereocenters. The third-order valence-electron chi connectivity index (χ3n) is 4.31. The Morgan fingerprint density at radius 2 is 2.05 bits per heavy atom. The number of nitrogens with one attached hydrogen (secondary N) is 1. The van der Waals surface area contributed by atoms with Gasteiger partial charge in [-0.25, -0.2) is 0 Å². The normalized spacial score (nSPS) is 30.5. The molecule has 0 aromatic heterocycles. The van der Waals surface area contributed by atoms with Crippen LogP contribution in [0.15, 0.2) is 4.99 Å². The van der Waals surface area contributed by atoms with Crippen molar-refractivity contribution in [1.29, 1.82) is 0 Å². The van der Waals surface area contributed by atoms with Crippen LogP contribution in [-0.2, 0) is 0 Å². The minimum atomic E-state index is 0.652. The van der Waals surface area contributed by atoms with Gasteiger partial charge < -0.3 is 10.2 Å². The molecule has 0 aliphatic carbocycles. The summed E-state index contributed by atoms with van der Waals surface area (Å²) >= 11 is 0. The lowest BCUT2D eigenvalue weighted by molar-refractivity contribution is 0.0152. The summed E-state index contributed by atoms with van der Waals surface area (Å²) < 4.78 is 0. The zero-order valence-electron chi connectivity index (χ0n) is 12.7. The quantitative estimate of drug-likeness (QED) is 0.574. The Kier molecular flexibility index (Phi) is 5.45. The molecule has 3 aliphatic rings. The number of piperazine rings is 3. The van der Waals surface area contributed by atoms with Gasteiger partial charge in [0.25, 0.3) is 0 Å². The standard InChI is InChI=1S/C14H29N5/c1-4-5-6-17(3)14(15-2)16-11-13-12-18-7-9-19(13)10-8-18/h13H,4-12H2,1-3H3,(H,15,16). The molecule has 0 radical (unpaired) electrons. The first-order valence-corrected chi connectivity index (χ1v) is 7.62. The predicted molar refractivity (Wildman–Crippen MR) is 80.7 cm³/mol. The van der Waals surface area contributed by atoms with Gasteiger partial charge in [-0.3, -0.25) is 14.8 Å². The van der Waals surface area contributed by atoms with Gasteiger partial charge in [0.1, 0.15) is 0 Å². The van der Waals surface area contributed by atoms with E-state index in [1.54, 1.807) is 0 Å². The summed E-state index contributed by atoms with van der Waals surface area (Å²) in [6.07, 6.45) is 2.45. The molecular weight excluding hydrogens is 238 g/mol. The molecular formula is C14H29N5. The van der Waals surface area contributed by atoms with Crippen molar-refractivity contribution in [2.75, 3.05) is 59.9 Å². The molecule has 0 aromatic carbocycles. The lowest BCUT2D eigenvalue weighted by Gasteiger charge is -2.47. The van der Waals surface area contributed by atoms with Crippen molar-refractivity contribution in [2.45, 2.75) is 25.8 Å². The molecule has 2 bridgehead atoms. The Morgan fingerprint density at radius 1 is 1.32 bits per heavy atom. The van der Waals surface area contributed by atoms with Gasteiger partial charge in [-0.15, -0.1) is 0 Å². The van der Waals surface area contributed by atoms with Crippen LogP contribution in [0.5, 0.6) is 0 Å². The summed E-state index contributed by atoms with van der Waals surface area (Å²) in [6, 6.07) is 0.652. The van der Waals surface area contributed by atoms with E-state index < -0.39 is 0 Å². The minimum Gasteiger partial charge on any atom is -0.355 e. The van der Waals surface area contributed by atoms with Crippen LogP contribution in [-0.4, -0.2) is 86.6 Å². The number of rotatable bonds is 5. The van der Waals surface area contributed by atoms with Crippen molar-refractivity contribution >= 4 is 5.96 Å². The summed E-state index contributed by atoms with van der Waals surface area (Å²) in [5, 5.41) is 3.54. The molecule has 3 fully saturated rings. The van der Waals surface area contributed by atoms with E-state index in [1.165, 1.54) is 45.6 Å². The van der Waals surface area contributed by atoms with Gasteiger partial charge in [0.05, 0.1) is 0 Å². The number of guanidine groups is 1. The molecule has 110 valence electrons. The molecule has 5 heteroatoms. The number of hydrogen-bond donors (Lipinski definition) is 1. The Labute approximate surface area is 117 Å². The number of aliphatic imine (C=N–C) groups is 1. The van der Waals surface area contributed by atoms with Crippen molar-refractivity contribution in [1.82, 2.24) is 20.0 Å². The lowest BCUT2D eigenvalue weighted by Crippen LogP contribution is -2.63. The first-order valence-electron chi connectivity index (χ1n) is 7.62. The van der Waals surface area contributed by atoms with Gasteiger partial charge in [0.2, 0.25) is 0 Å². The third-order valence-corrected chi connectivity index (χ3v) is 4.31. The maximum Gasteiger partial charge on any atom is 0.193 e. The highest BCUT2D eigenvalue weighted by molar-refractivity contribution is 5.79. The van der Waals surface area contributed by atoms with Gasteiger partial charge >= 0.3 is 0 Å². The fourth-order valence-corrected chi connectivity index (χ4v) is 3.01. The van der Waals surface area contributed by atoms with E-state index in [2.05, 4.69) is 39.0 Å². The first kappa shape index (κ1) is 14.6. The van der Waals surface area contributed by atoms with Crippen molar-refractivity contribution in [3.05, 3.63) is 0 Å². The van der Waals surface area contributed by atoms with Crippen molar-refractivity contribution < 1.29 is 0 Å². The van der Waals surface area contributed by atoms with E-state index in [0.29, 0.717) is 6.04 Å². The second-order valence-corrected chi connectivity index (χ2v) is 5.69. The molecule has 3 rings (SSSR count). The Hall–Kier alpha value is -0.810. The summed E-state index contributed by atoms with van der Waals surface area (Å²) in [5.74, 6) is 1.03. The molecule has 0 spiro atoms. The van der Waals surface area contributed by atoms with Crippen LogP contribution in [0.1, 0.15) is 19.8 Å². The van der Waals surface area contributed by atoms with Crippen molar-refractivity contribution in [3.8, 4) is 0 Å². The van der Waals surface area contributed by atoms with E-state index in [-0.39, 0.29) is 0 Å². The number of hydrogen-bond acceptors (Lipinski definition) is 3. The summed E-state index contributed by atoms with van der Waals surface area (Å²) in [7, 11) is 4.00. The van der Waals surface area contributed by atoms with Crippen LogP contribution in [0.25, 0.3) is 0 Å². The van der Waals surface area contributed by atoms with Gasteiger partial charge in [-0.05, 0) is 6.42 Å². The average Bonchev–Trinajstić information content (AvgIpc) is 2.47. The minimum absolute atomic E-state index is 0.652. The second kappa shape index (κ2) is 7.10. The van der Waals surface area contributed by atoms with Gasteiger partial charge in [-0.1, -0.05) is 13.3 Å². The van der Waals surface area contributed by atoms with Gasteiger partial charge in [0.15, 0.2) is 5.96 Å². The molecule has 5 nitrogen and oxygen atoms in total. The Bertz CT molecular complexity index is 296. The predicted octanol–water partition coefficient (Wildman–Crippen LogP) is 0.294. The molecule has 3 heterocycles. The fraction of sp³-hybridized carbons (Fsp3) is 0.929. The highest BCUT2D eigenvalue weighted by Crippen LogP contribution is 2.14. The van der Waals surface area contributed by atoms with Crippen LogP contribution in [0, 0.1) is 0 Å². The van der Waals surface area contributed by atoms with Crippen molar-refractivity contribution in [3.63, 3.8) is 0 Å². The van der Waals surface area contributed by atoms with Gasteiger partial charge in [0, 0.05) is 66.0 Å². The van der Waals surface area contributed by atoms with Crippen molar-refractivity contribution in [2.24, 2.45) is 4.99 Å². The highest BCUT2D eigenvalue weighted by atomic mass is 15.4. The highest BCUT2D eigenvalue weighted by Gasteiger charge is 2.31. The van der Waals surface area contributed by atoms with Gasteiger partial charge in [-0.2, -0.15) is 0 Å².